The van der Waals surface area contributed by atoms with Gasteiger partial charge in [0, 0.05) is 0 Å². The zero-order chi connectivity index (χ0) is 21.5. The predicted octanol–water partition coefficient (Wildman–Crippen LogP) is 2.48. The average molecular weight is 410 g/mol. The number of amides is 1. The Morgan fingerprint density at radius 2 is 1.60 bits per heavy atom. The Morgan fingerprint density at radius 1 is 0.967 bits per heavy atom. The molecule has 7 heteroatoms. The molecule has 0 saturated carbocycles. The van der Waals surface area contributed by atoms with E-state index in [0.29, 0.717) is 25.7 Å². The number of likely N-dealkylation sites (tertiary alicyclic amines) is 1. The van der Waals surface area contributed by atoms with Crippen molar-refractivity contribution in [3.05, 3.63) is 71.8 Å². The fraction of sp³-hybridized carbons (Fsp3) is 0.348. The van der Waals surface area contributed by atoms with Crippen molar-refractivity contribution in [1.29, 1.82) is 0 Å². The topological polar surface area (TPSA) is 107 Å². The van der Waals surface area contributed by atoms with E-state index in [0.717, 1.165) is 11.1 Å². The van der Waals surface area contributed by atoms with E-state index < -0.39 is 29.9 Å². The molecular weight excluding hydrogens is 384 g/mol. The van der Waals surface area contributed by atoms with Gasteiger partial charge in [-0.25, -0.2) is 4.79 Å². The monoisotopic (exact) mass is 410 g/mol. The molecule has 3 rings (SSSR count). The third-order valence-corrected chi connectivity index (χ3v) is 5.50. The maximum Gasteiger partial charge on any atom is 0.326 e. The number of carboxylic acids is 2. The smallest absolute Gasteiger partial charge is 0.326 e. The van der Waals surface area contributed by atoms with Gasteiger partial charge in [0.15, 0.2) is 0 Å². The minimum Gasteiger partial charge on any atom is -0.480 e. The second-order valence-corrected chi connectivity index (χ2v) is 7.45. The molecule has 0 radical (unpaired) electrons. The van der Waals surface area contributed by atoms with Gasteiger partial charge in [0.2, 0.25) is 5.91 Å². The summed E-state index contributed by atoms with van der Waals surface area (Å²) in [4.78, 5) is 37.7. The average Bonchev–Trinajstić information content (AvgIpc) is 3.20. The lowest BCUT2D eigenvalue weighted by molar-refractivity contribution is -0.149. The van der Waals surface area contributed by atoms with Crippen molar-refractivity contribution in [2.45, 2.75) is 43.8 Å². The summed E-state index contributed by atoms with van der Waals surface area (Å²) in [6.07, 6.45) is 1.82. The molecule has 158 valence electrons. The number of nitrogens with one attached hydrogen (secondary N) is 1. The van der Waals surface area contributed by atoms with Gasteiger partial charge < -0.3 is 15.1 Å². The molecule has 2 aromatic carbocycles. The van der Waals surface area contributed by atoms with Gasteiger partial charge in [-0.05, 0) is 36.8 Å². The number of hydrogen-bond donors (Lipinski definition) is 3. The number of benzene rings is 2. The van der Waals surface area contributed by atoms with Crippen molar-refractivity contribution in [2.24, 2.45) is 0 Å². The molecule has 0 bridgehead atoms. The molecule has 1 aliphatic heterocycles. The highest BCUT2D eigenvalue weighted by Crippen LogP contribution is 2.36. The molecule has 1 saturated heterocycles. The first-order valence-corrected chi connectivity index (χ1v) is 10.1. The van der Waals surface area contributed by atoms with Crippen LogP contribution in [0.1, 0.15) is 36.4 Å². The van der Waals surface area contributed by atoms with Gasteiger partial charge in [-0.3, -0.25) is 14.9 Å². The van der Waals surface area contributed by atoms with Crippen LogP contribution in [0.25, 0.3) is 0 Å². The quantitative estimate of drug-likeness (QED) is 0.586. The van der Waals surface area contributed by atoms with Crippen LogP contribution in [-0.2, 0) is 20.8 Å². The molecule has 1 fully saturated rings. The summed E-state index contributed by atoms with van der Waals surface area (Å²) in [5.41, 5.74) is 1.90. The highest BCUT2D eigenvalue weighted by atomic mass is 16.4. The van der Waals surface area contributed by atoms with Gasteiger partial charge in [0.25, 0.3) is 0 Å². The molecule has 30 heavy (non-hydrogen) atoms. The first-order valence-electron chi connectivity index (χ1n) is 10.1. The van der Waals surface area contributed by atoms with Crippen molar-refractivity contribution in [2.75, 3.05) is 6.54 Å². The van der Waals surface area contributed by atoms with Crippen LogP contribution in [0.2, 0.25) is 0 Å². The van der Waals surface area contributed by atoms with Crippen molar-refractivity contribution in [3.8, 4) is 0 Å². The first-order chi connectivity index (χ1) is 14.5. The molecule has 2 unspecified atom stereocenters. The molecule has 3 atom stereocenters. The molecule has 1 amide bonds. The summed E-state index contributed by atoms with van der Waals surface area (Å²) >= 11 is 0. The number of carbonyl (C=O) groups excluding carboxylic acids is 1. The Balaban J connectivity index is 1.66. The molecular formula is C23H26N2O5. The maximum atomic E-state index is 13.0. The number of hydrogen-bond acceptors (Lipinski definition) is 4. The summed E-state index contributed by atoms with van der Waals surface area (Å²) in [5.74, 6) is -2.48. The van der Waals surface area contributed by atoms with Crippen LogP contribution in [0.15, 0.2) is 60.7 Å². The minimum absolute atomic E-state index is 0.223. The molecule has 1 aliphatic rings. The zero-order valence-corrected chi connectivity index (χ0v) is 16.6. The summed E-state index contributed by atoms with van der Waals surface area (Å²) in [5, 5.41) is 21.9. The zero-order valence-electron chi connectivity index (χ0n) is 16.6. The minimum atomic E-state index is -1.04. The molecule has 2 aromatic rings. The van der Waals surface area contributed by atoms with E-state index in [1.54, 1.807) is 0 Å². The van der Waals surface area contributed by atoms with E-state index in [2.05, 4.69) is 5.32 Å². The van der Waals surface area contributed by atoms with Crippen LogP contribution in [0.5, 0.6) is 0 Å². The third-order valence-electron chi connectivity index (χ3n) is 5.50. The summed E-state index contributed by atoms with van der Waals surface area (Å²) in [6, 6.07) is 16.7. The lowest BCUT2D eigenvalue weighted by Gasteiger charge is -2.29. The van der Waals surface area contributed by atoms with Gasteiger partial charge in [-0.2, -0.15) is 0 Å². The molecule has 0 aromatic heterocycles. The van der Waals surface area contributed by atoms with E-state index in [1.165, 1.54) is 4.90 Å². The van der Waals surface area contributed by atoms with Crippen LogP contribution < -0.4 is 5.32 Å². The Kier molecular flexibility index (Phi) is 7.19. The van der Waals surface area contributed by atoms with E-state index in [9.17, 15) is 24.6 Å². The lowest BCUT2D eigenvalue weighted by Crippen LogP contribution is -2.48. The third kappa shape index (κ3) is 5.24. The van der Waals surface area contributed by atoms with Crippen LogP contribution in [0, 0.1) is 0 Å². The van der Waals surface area contributed by atoms with Crippen LogP contribution >= 0.6 is 0 Å². The SMILES string of the molecule is O=C(O)C(CCc1ccccc1)NCC(=O)N1C(c2ccccc2)CC[C@H]1C(=O)O. The van der Waals surface area contributed by atoms with Gasteiger partial charge in [-0.1, -0.05) is 60.7 Å². The van der Waals surface area contributed by atoms with Crippen LogP contribution in [0.4, 0.5) is 0 Å². The standard InChI is InChI=1S/C23H26N2O5/c26-21(15-24-18(22(27)28)12-11-16-7-3-1-4-8-16)25-19(13-14-20(25)23(29)30)17-9-5-2-6-10-17/h1-10,18-20,24H,11-15H2,(H,27,28)(H,29,30)/t18?,19?,20-/m0/s1. The van der Waals surface area contributed by atoms with Crippen molar-refractivity contribution in [1.82, 2.24) is 10.2 Å². The molecule has 0 aliphatic carbocycles. The lowest BCUT2D eigenvalue weighted by atomic mass is 10.0. The maximum absolute atomic E-state index is 13.0. The molecule has 7 nitrogen and oxygen atoms in total. The summed E-state index contributed by atoms with van der Waals surface area (Å²) < 4.78 is 0. The predicted molar refractivity (Wildman–Crippen MR) is 111 cm³/mol. The van der Waals surface area contributed by atoms with Crippen LogP contribution in [0.3, 0.4) is 0 Å². The van der Waals surface area contributed by atoms with Crippen LogP contribution in [-0.4, -0.2) is 51.6 Å². The summed E-state index contributed by atoms with van der Waals surface area (Å²) in [6.45, 7) is -0.223. The number of aliphatic carboxylic acids is 2. The summed E-state index contributed by atoms with van der Waals surface area (Å²) in [7, 11) is 0. The fourth-order valence-electron chi connectivity index (χ4n) is 3.97. The normalized spacial score (nSPS) is 19.4. The van der Waals surface area contributed by atoms with Gasteiger partial charge in [0.05, 0.1) is 12.6 Å². The van der Waals surface area contributed by atoms with Crippen molar-refractivity contribution >= 4 is 17.8 Å². The van der Waals surface area contributed by atoms with Gasteiger partial charge in [-0.15, -0.1) is 0 Å². The number of carbonyl (C=O) groups is 3. The van der Waals surface area contributed by atoms with Crippen molar-refractivity contribution < 1.29 is 24.6 Å². The molecule has 1 heterocycles. The van der Waals surface area contributed by atoms with E-state index >= 15 is 0 Å². The van der Waals surface area contributed by atoms with Gasteiger partial charge in [0.1, 0.15) is 12.1 Å². The Bertz CT molecular complexity index is 872. The Labute approximate surface area is 175 Å². The number of carboxylic acid groups (broad SMARTS) is 2. The van der Waals surface area contributed by atoms with E-state index in [1.807, 2.05) is 60.7 Å². The second-order valence-electron chi connectivity index (χ2n) is 7.45. The second kappa shape index (κ2) is 10.0. The number of aryl methyl sites for hydroxylation is 1. The first kappa shape index (κ1) is 21.5. The largest absolute Gasteiger partial charge is 0.480 e. The number of nitrogens with zero attached hydrogens (tertiary/aromatic N) is 1. The van der Waals surface area contributed by atoms with Gasteiger partial charge >= 0.3 is 11.9 Å². The molecule has 3 N–H and O–H groups in total. The van der Waals surface area contributed by atoms with E-state index in [-0.39, 0.29) is 12.6 Å². The fourth-order valence-corrected chi connectivity index (χ4v) is 3.97. The highest BCUT2D eigenvalue weighted by molar-refractivity contribution is 5.86. The Morgan fingerprint density at radius 3 is 2.20 bits per heavy atom. The highest BCUT2D eigenvalue weighted by Gasteiger charge is 2.41. The number of rotatable bonds is 9. The molecule has 0 spiro atoms. The van der Waals surface area contributed by atoms with Crippen molar-refractivity contribution in [3.63, 3.8) is 0 Å². The Hall–Kier alpha value is -3.19. The van der Waals surface area contributed by atoms with E-state index in [4.69, 9.17) is 0 Å².